The molecule has 0 aromatic heterocycles. The summed E-state index contributed by atoms with van der Waals surface area (Å²) >= 11 is 0. The smallest absolute Gasteiger partial charge is 0.282 e. The number of rotatable bonds is 7. The first kappa shape index (κ1) is 20.4. The summed E-state index contributed by atoms with van der Waals surface area (Å²) in [6, 6.07) is 9.96. The molecule has 2 N–H and O–H groups in total. The van der Waals surface area contributed by atoms with Crippen LogP contribution in [0.3, 0.4) is 0 Å². The van der Waals surface area contributed by atoms with Crippen LogP contribution in [-0.2, 0) is 16.6 Å². The Hall–Kier alpha value is -0.660. The number of nitrogens with zero attached hydrogens (tertiary/aromatic N) is 2. The first-order valence-corrected chi connectivity index (χ1v) is 9.43. The quantitative estimate of drug-likeness (QED) is 0.806. The van der Waals surface area contributed by atoms with Gasteiger partial charge in [-0.3, -0.25) is 0 Å². The lowest BCUT2D eigenvalue weighted by Gasteiger charge is -2.34. The second-order valence-electron chi connectivity index (χ2n) is 6.01. The number of halogens is 1. The van der Waals surface area contributed by atoms with Crippen molar-refractivity contribution in [1.29, 1.82) is 0 Å². The first-order valence-electron chi connectivity index (χ1n) is 8.03. The maximum absolute atomic E-state index is 12.8. The summed E-state index contributed by atoms with van der Waals surface area (Å²) in [6.07, 6.45) is 2.59. The molecule has 0 amide bonds. The standard InChI is InChI=1S/C16H27N3O2S.ClH/c1-15-7-11-18(12-8-15)22(20,21)19(14-10-17)13-9-16-5-3-2-4-6-16;/h2-6,15H,7-14,17H2,1H3;1H. The fourth-order valence-corrected chi connectivity index (χ4v) is 4.42. The zero-order valence-electron chi connectivity index (χ0n) is 13.7. The Morgan fingerprint density at radius 3 is 2.35 bits per heavy atom. The minimum absolute atomic E-state index is 0. The van der Waals surface area contributed by atoms with Gasteiger partial charge in [0.25, 0.3) is 10.2 Å². The predicted molar refractivity (Wildman–Crippen MR) is 96.9 cm³/mol. The van der Waals surface area contributed by atoms with E-state index in [4.69, 9.17) is 5.73 Å². The first-order chi connectivity index (χ1) is 10.5. The molecule has 0 radical (unpaired) electrons. The van der Waals surface area contributed by atoms with Gasteiger partial charge in [0.2, 0.25) is 0 Å². The molecular formula is C16H28ClN3O2S. The fraction of sp³-hybridized carbons (Fsp3) is 0.625. The van der Waals surface area contributed by atoms with Crippen molar-refractivity contribution in [2.24, 2.45) is 11.7 Å². The summed E-state index contributed by atoms with van der Waals surface area (Å²) in [7, 11) is -3.39. The third-order valence-electron chi connectivity index (χ3n) is 4.27. The van der Waals surface area contributed by atoms with Crippen molar-refractivity contribution in [1.82, 2.24) is 8.61 Å². The van der Waals surface area contributed by atoms with Crippen LogP contribution in [0, 0.1) is 5.92 Å². The highest BCUT2D eigenvalue weighted by atomic mass is 35.5. The van der Waals surface area contributed by atoms with E-state index in [1.165, 1.54) is 4.31 Å². The molecule has 0 spiro atoms. The molecule has 2 rings (SSSR count). The lowest BCUT2D eigenvalue weighted by molar-refractivity contribution is 0.265. The van der Waals surface area contributed by atoms with E-state index in [0.29, 0.717) is 45.1 Å². The molecular weight excluding hydrogens is 334 g/mol. The molecule has 1 aliphatic rings. The molecule has 1 saturated heterocycles. The summed E-state index contributed by atoms with van der Waals surface area (Å²) in [6.45, 7) is 4.62. The highest BCUT2D eigenvalue weighted by Gasteiger charge is 2.31. The van der Waals surface area contributed by atoms with Crippen LogP contribution >= 0.6 is 12.4 Å². The van der Waals surface area contributed by atoms with Crippen molar-refractivity contribution < 1.29 is 8.42 Å². The molecule has 1 heterocycles. The van der Waals surface area contributed by atoms with E-state index >= 15 is 0 Å². The molecule has 1 fully saturated rings. The molecule has 23 heavy (non-hydrogen) atoms. The van der Waals surface area contributed by atoms with Crippen LogP contribution in [0.25, 0.3) is 0 Å². The van der Waals surface area contributed by atoms with Gasteiger partial charge in [0.1, 0.15) is 0 Å². The highest BCUT2D eigenvalue weighted by molar-refractivity contribution is 7.86. The third-order valence-corrected chi connectivity index (χ3v) is 6.30. The molecule has 0 bridgehead atoms. The Morgan fingerprint density at radius 1 is 1.17 bits per heavy atom. The molecule has 1 aromatic rings. The summed E-state index contributed by atoms with van der Waals surface area (Å²) in [4.78, 5) is 0. The number of hydrogen-bond acceptors (Lipinski definition) is 3. The van der Waals surface area contributed by atoms with Gasteiger partial charge in [-0.15, -0.1) is 12.4 Å². The number of nitrogens with two attached hydrogens (primary N) is 1. The van der Waals surface area contributed by atoms with Gasteiger partial charge >= 0.3 is 0 Å². The maximum Gasteiger partial charge on any atom is 0.282 e. The van der Waals surface area contributed by atoms with Crippen molar-refractivity contribution in [3.63, 3.8) is 0 Å². The molecule has 1 aromatic carbocycles. The second-order valence-corrected chi connectivity index (χ2v) is 7.94. The van der Waals surface area contributed by atoms with Gasteiger partial charge < -0.3 is 5.73 Å². The van der Waals surface area contributed by atoms with Crippen LogP contribution in [0.1, 0.15) is 25.3 Å². The van der Waals surface area contributed by atoms with E-state index in [9.17, 15) is 8.42 Å². The van der Waals surface area contributed by atoms with E-state index in [-0.39, 0.29) is 12.4 Å². The Bertz CT molecular complexity index is 546. The predicted octanol–water partition coefficient (Wildman–Crippen LogP) is 1.89. The summed E-state index contributed by atoms with van der Waals surface area (Å²) < 4.78 is 28.8. The van der Waals surface area contributed by atoms with Crippen LogP contribution in [0.15, 0.2) is 30.3 Å². The van der Waals surface area contributed by atoms with Crippen LogP contribution < -0.4 is 5.73 Å². The Morgan fingerprint density at radius 2 is 1.78 bits per heavy atom. The summed E-state index contributed by atoms with van der Waals surface area (Å²) in [5.74, 6) is 0.610. The second kappa shape index (κ2) is 9.59. The topological polar surface area (TPSA) is 66.6 Å². The summed E-state index contributed by atoms with van der Waals surface area (Å²) in [5.41, 5.74) is 6.77. The Kier molecular flexibility index (Phi) is 8.50. The molecule has 0 saturated carbocycles. The van der Waals surface area contributed by atoms with Crippen molar-refractivity contribution in [2.75, 3.05) is 32.7 Å². The lowest BCUT2D eigenvalue weighted by atomic mass is 10.0. The Labute approximate surface area is 146 Å². The zero-order chi connectivity index (χ0) is 16.0. The van der Waals surface area contributed by atoms with E-state index in [1.54, 1.807) is 4.31 Å². The number of benzene rings is 1. The van der Waals surface area contributed by atoms with Crippen molar-refractivity contribution in [2.45, 2.75) is 26.2 Å². The van der Waals surface area contributed by atoms with Gasteiger partial charge in [-0.2, -0.15) is 17.0 Å². The highest BCUT2D eigenvalue weighted by Crippen LogP contribution is 2.20. The number of hydrogen-bond donors (Lipinski definition) is 1. The average Bonchev–Trinajstić information content (AvgIpc) is 2.52. The van der Waals surface area contributed by atoms with Crippen LogP contribution in [0.2, 0.25) is 0 Å². The van der Waals surface area contributed by atoms with Gasteiger partial charge in [-0.05, 0) is 30.7 Å². The van der Waals surface area contributed by atoms with Crippen LogP contribution in [0.4, 0.5) is 0 Å². The van der Waals surface area contributed by atoms with Gasteiger partial charge in [0.05, 0.1) is 0 Å². The minimum atomic E-state index is -3.39. The maximum atomic E-state index is 12.8. The summed E-state index contributed by atoms with van der Waals surface area (Å²) in [5, 5.41) is 0. The monoisotopic (exact) mass is 361 g/mol. The SMILES string of the molecule is CC1CCN(S(=O)(=O)N(CCN)CCc2ccccc2)CC1.Cl. The van der Waals surface area contributed by atoms with E-state index < -0.39 is 10.2 Å². The molecule has 7 heteroatoms. The van der Waals surface area contributed by atoms with Crippen molar-refractivity contribution in [3.05, 3.63) is 35.9 Å². The molecule has 0 aliphatic carbocycles. The fourth-order valence-electron chi connectivity index (χ4n) is 2.76. The van der Waals surface area contributed by atoms with E-state index in [1.807, 2.05) is 30.3 Å². The molecule has 132 valence electrons. The lowest BCUT2D eigenvalue weighted by Crippen LogP contribution is -2.48. The van der Waals surface area contributed by atoms with Crippen molar-refractivity contribution >= 4 is 22.6 Å². The van der Waals surface area contributed by atoms with Gasteiger partial charge in [-0.1, -0.05) is 37.3 Å². The molecule has 5 nitrogen and oxygen atoms in total. The van der Waals surface area contributed by atoms with E-state index in [2.05, 4.69) is 6.92 Å². The molecule has 0 unspecified atom stereocenters. The Balaban J connectivity index is 0.00000264. The van der Waals surface area contributed by atoms with Crippen LogP contribution in [-0.4, -0.2) is 49.8 Å². The van der Waals surface area contributed by atoms with E-state index in [0.717, 1.165) is 18.4 Å². The van der Waals surface area contributed by atoms with Crippen LogP contribution in [0.5, 0.6) is 0 Å². The zero-order valence-corrected chi connectivity index (χ0v) is 15.4. The average molecular weight is 362 g/mol. The molecule has 0 atom stereocenters. The normalized spacial score (nSPS) is 17.2. The third kappa shape index (κ3) is 5.72. The molecule has 1 aliphatic heterocycles. The number of piperidine rings is 1. The van der Waals surface area contributed by atoms with Gasteiger partial charge in [-0.25, -0.2) is 0 Å². The van der Waals surface area contributed by atoms with Gasteiger partial charge in [0, 0.05) is 32.7 Å². The van der Waals surface area contributed by atoms with Crippen molar-refractivity contribution in [3.8, 4) is 0 Å². The minimum Gasteiger partial charge on any atom is -0.329 e. The largest absolute Gasteiger partial charge is 0.329 e. The van der Waals surface area contributed by atoms with Gasteiger partial charge in [0.15, 0.2) is 0 Å².